The first-order chi connectivity index (χ1) is 20.6. The van der Waals surface area contributed by atoms with E-state index in [1.54, 1.807) is 12.1 Å². The number of ether oxygens (including phenoxy) is 3. The smallest absolute Gasteiger partial charge is 0.303 e. The molecule has 0 aromatic heterocycles. The van der Waals surface area contributed by atoms with Crippen molar-refractivity contribution in [3.63, 3.8) is 0 Å². The SMILES string of the molecule is CC(=O)O[C@@H](C)C(=O)Nc1ccc([C@H]2O[C@@H](CN(C)[C@H](C)[C@@H](O)c3ccccc3)[C@@H](C)[C@@H](c3ccc(CO)cc3)O2)cc1. The summed E-state index contributed by atoms with van der Waals surface area (Å²) >= 11 is 0. The Balaban J connectivity index is 1.53. The number of amides is 1. The summed E-state index contributed by atoms with van der Waals surface area (Å²) < 4.78 is 18.1. The zero-order valence-corrected chi connectivity index (χ0v) is 25.3. The number of carbonyl (C=O) groups is 2. The summed E-state index contributed by atoms with van der Waals surface area (Å²) in [5.41, 5.74) is 3.98. The number of esters is 1. The van der Waals surface area contributed by atoms with Gasteiger partial charge in [-0.2, -0.15) is 0 Å². The molecule has 0 radical (unpaired) electrons. The zero-order chi connectivity index (χ0) is 31.1. The van der Waals surface area contributed by atoms with E-state index >= 15 is 0 Å². The molecule has 4 rings (SSSR count). The van der Waals surface area contributed by atoms with Crippen LogP contribution in [0.3, 0.4) is 0 Å². The van der Waals surface area contributed by atoms with Crippen molar-refractivity contribution in [3.05, 3.63) is 101 Å². The fourth-order valence-corrected chi connectivity index (χ4v) is 5.22. The molecule has 1 amide bonds. The molecular formula is C34H42N2O7. The molecule has 3 aromatic carbocycles. The molecule has 1 aliphatic heterocycles. The molecule has 0 bridgehead atoms. The van der Waals surface area contributed by atoms with Crippen LogP contribution in [0.4, 0.5) is 5.69 Å². The lowest BCUT2D eigenvalue weighted by Crippen LogP contribution is -2.46. The molecule has 43 heavy (non-hydrogen) atoms. The number of benzene rings is 3. The number of hydrogen-bond donors (Lipinski definition) is 3. The van der Waals surface area contributed by atoms with Gasteiger partial charge in [0.05, 0.1) is 24.9 Å². The minimum Gasteiger partial charge on any atom is -0.453 e. The maximum absolute atomic E-state index is 12.4. The summed E-state index contributed by atoms with van der Waals surface area (Å²) in [6, 6.07) is 24.4. The highest BCUT2D eigenvalue weighted by molar-refractivity contribution is 5.94. The Morgan fingerprint density at radius 3 is 2.19 bits per heavy atom. The second-order valence-corrected chi connectivity index (χ2v) is 11.2. The lowest BCUT2D eigenvalue weighted by atomic mass is 9.89. The first-order valence-corrected chi connectivity index (χ1v) is 14.6. The molecule has 3 aromatic rings. The average molecular weight is 591 g/mol. The Hall–Kier alpha value is -3.60. The van der Waals surface area contributed by atoms with Gasteiger partial charge in [-0.1, -0.05) is 73.7 Å². The summed E-state index contributed by atoms with van der Waals surface area (Å²) in [6.07, 6.45) is -2.78. The maximum Gasteiger partial charge on any atom is 0.303 e. The second kappa shape index (κ2) is 14.7. The number of carbonyl (C=O) groups excluding carboxylic acids is 2. The standard InChI is InChI=1S/C34H42N2O7/c1-21-30(19-36(5)22(2)31(39)26-9-7-6-8-10-26)42-34(43-32(21)27-13-11-25(20-37)12-14-27)28-15-17-29(18-16-28)35-33(40)23(3)41-24(4)38/h6-18,21-23,30-32,34,37,39H,19-20H2,1-5H3,(H,35,40)/t21-,22-,23+,30+,31-,32+,34+/m1/s1. The van der Waals surface area contributed by atoms with Crippen LogP contribution in [0.25, 0.3) is 0 Å². The van der Waals surface area contributed by atoms with E-state index in [0.717, 1.165) is 22.3 Å². The van der Waals surface area contributed by atoms with Crippen LogP contribution in [-0.2, 0) is 30.4 Å². The number of aliphatic hydroxyl groups is 2. The Labute approximate surface area is 253 Å². The van der Waals surface area contributed by atoms with Gasteiger partial charge in [-0.25, -0.2) is 0 Å². The third kappa shape index (κ3) is 8.28. The first-order valence-electron chi connectivity index (χ1n) is 14.6. The van der Waals surface area contributed by atoms with Gasteiger partial charge in [-0.05, 0) is 49.7 Å². The van der Waals surface area contributed by atoms with E-state index in [-0.39, 0.29) is 30.8 Å². The van der Waals surface area contributed by atoms with Crippen molar-refractivity contribution in [2.75, 3.05) is 18.9 Å². The Morgan fingerprint density at radius 1 is 0.953 bits per heavy atom. The van der Waals surface area contributed by atoms with Gasteiger partial charge in [0.1, 0.15) is 0 Å². The van der Waals surface area contributed by atoms with Crippen molar-refractivity contribution in [2.24, 2.45) is 5.92 Å². The van der Waals surface area contributed by atoms with Crippen LogP contribution >= 0.6 is 0 Å². The summed E-state index contributed by atoms with van der Waals surface area (Å²) in [7, 11) is 1.98. The fraction of sp³-hybridized carbons (Fsp3) is 0.412. The second-order valence-electron chi connectivity index (χ2n) is 11.2. The van der Waals surface area contributed by atoms with Crippen molar-refractivity contribution >= 4 is 17.6 Å². The highest BCUT2D eigenvalue weighted by atomic mass is 16.7. The van der Waals surface area contributed by atoms with Crippen molar-refractivity contribution in [1.82, 2.24) is 4.90 Å². The number of nitrogens with zero attached hydrogens (tertiary/aromatic N) is 1. The maximum atomic E-state index is 12.4. The van der Waals surface area contributed by atoms with E-state index in [4.69, 9.17) is 14.2 Å². The highest BCUT2D eigenvalue weighted by Gasteiger charge is 2.39. The molecule has 9 heteroatoms. The summed E-state index contributed by atoms with van der Waals surface area (Å²) in [6.45, 7) is 7.39. The number of likely N-dealkylation sites (N-methyl/N-ethyl adjacent to an activating group) is 1. The van der Waals surface area contributed by atoms with Gasteiger partial charge in [0, 0.05) is 36.7 Å². The average Bonchev–Trinajstić information content (AvgIpc) is 3.01. The van der Waals surface area contributed by atoms with Gasteiger partial charge in [-0.15, -0.1) is 0 Å². The Kier molecular flexibility index (Phi) is 11.1. The normalized spacial score (nSPS) is 22.4. The van der Waals surface area contributed by atoms with Crippen LogP contribution < -0.4 is 5.32 Å². The number of hydrogen-bond acceptors (Lipinski definition) is 8. The van der Waals surface area contributed by atoms with Crippen LogP contribution in [0.5, 0.6) is 0 Å². The molecule has 3 N–H and O–H groups in total. The number of rotatable bonds is 11. The first kappa shape index (κ1) is 32.3. The molecule has 1 aliphatic rings. The summed E-state index contributed by atoms with van der Waals surface area (Å²) in [4.78, 5) is 25.7. The van der Waals surface area contributed by atoms with E-state index in [1.807, 2.05) is 80.7 Å². The molecule has 230 valence electrons. The lowest BCUT2D eigenvalue weighted by Gasteiger charge is -2.43. The van der Waals surface area contributed by atoms with Gasteiger partial charge in [0.25, 0.3) is 5.91 Å². The van der Waals surface area contributed by atoms with E-state index in [0.29, 0.717) is 12.2 Å². The van der Waals surface area contributed by atoms with Crippen molar-refractivity contribution in [2.45, 2.75) is 71.0 Å². The van der Waals surface area contributed by atoms with Crippen molar-refractivity contribution < 1.29 is 34.0 Å². The van der Waals surface area contributed by atoms with Gasteiger partial charge >= 0.3 is 5.97 Å². The molecule has 0 aliphatic carbocycles. The van der Waals surface area contributed by atoms with E-state index in [9.17, 15) is 19.8 Å². The van der Waals surface area contributed by atoms with Gasteiger partial charge in [0.2, 0.25) is 0 Å². The van der Waals surface area contributed by atoms with Crippen molar-refractivity contribution in [3.8, 4) is 0 Å². The zero-order valence-electron chi connectivity index (χ0n) is 25.3. The Bertz CT molecular complexity index is 1330. The molecule has 1 heterocycles. The van der Waals surface area contributed by atoms with Crippen LogP contribution in [0.15, 0.2) is 78.9 Å². The third-order valence-electron chi connectivity index (χ3n) is 8.05. The lowest BCUT2D eigenvalue weighted by molar-refractivity contribution is -0.276. The van der Waals surface area contributed by atoms with E-state index in [2.05, 4.69) is 17.1 Å². The molecule has 1 saturated heterocycles. The quantitative estimate of drug-likeness (QED) is 0.270. The topological polar surface area (TPSA) is 118 Å². The molecule has 7 atom stereocenters. The predicted molar refractivity (Wildman–Crippen MR) is 163 cm³/mol. The number of nitrogens with one attached hydrogen (secondary N) is 1. The fourth-order valence-electron chi connectivity index (χ4n) is 5.22. The van der Waals surface area contributed by atoms with Crippen LogP contribution in [0.1, 0.15) is 68.4 Å². The highest BCUT2D eigenvalue weighted by Crippen LogP contribution is 2.42. The molecular weight excluding hydrogens is 548 g/mol. The summed E-state index contributed by atoms with van der Waals surface area (Å²) in [5, 5.41) is 23.3. The van der Waals surface area contributed by atoms with Gasteiger partial charge in [-0.3, -0.25) is 14.5 Å². The molecule has 1 fully saturated rings. The predicted octanol–water partition coefficient (Wildman–Crippen LogP) is 4.91. The van der Waals surface area contributed by atoms with E-state index < -0.39 is 30.4 Å². The largest absolute Gasteiger partial charge is 0.453 e. The number of anilines is 1. The minimum atomic E-state index is -0.915. The van der Waals surface area contributed by atoms with E-state index in [1.165, 1.54) is 13.8 Å². The minimum absolute atomic E-state index is 0.0268. The van der Waals surface area contributed by atoms with Crippen LogP contribution in [0.2, 0.25) is 0 Å². The molecule has 0 unspecified atom stereocenters. The van der Waals surface area contributed by atoms with Crippen LogP contribution in [0, 0.1) is 5.92 Å². The van der Waals surface area contributed by atoms with Crippen molar-refractivity contribution in [1.29, 1.82) is 0 Å². The van der Waals surface area contributed by atoms with Gasteiger partial charge < -0.3 is 29.7 Å². The molecule has 9 nitrogen and oxygen atoms in total. The molecule has 0 saturated carbocycles. The molecule has 0 spiro atoms. The third-order valence-corrected chi connectivity index (χ3v) is 8.05. The Morgan fingerprint density at radius 2 is 1.58 bits per heavy atom. The number of aliphatic hydroxyl groups excluding tert-OH is 2. The van der Waals surface area contributed by atoms with Crippen LogP contribution in [-0.4, -0.2) is 58.8 Å². The monoisotopic (exact) mass is 590 g/mol. The van der Waals surface area contributed by atoms with Gasteiger partial charge in [0.15, 0.2) is 12.4 Å². The summed E-state index contributed by atoms with van der Waals surface area (Å²) in [5.74, 6) is -0.979.